The van der Waals surface area contributed by atoms with Gasteiger partial charge in [0.2, 0.25) is 0 Å². The van der Waals surface area contributed by atoms with Crippen LogP contribution in [0.2, 0.25) is 5.02 Å². The lowest BCUT2D eigenvalue weighted by molar-refractivity contribution is -0.147. The van der Waals surface area contributed by atoms with Gasteiger partial charge in [-0.2, -0.15) is 0 Å². The number of halogens is 3. The molecule has 9 heteroatoms. The number of carbonyl (C=O) groups excluding carboxylic acids is 1. The average molecular weight is 435 g/mol. The lowest BCUT2D eigenvalue weighted by Gasteiger charge is -2.31. The number of hydrogen-bond donors (Lipinski definition) is 2. The Kier molecular flexibility index (Phi) is 5.60. The van der Waals surface area contributed by atoms with Crippen molar-refractivity contribution in [2.24, 2.45) is 11.8 Å². The van der Waals surface area contributed by atoms with E-state index in [9.17, 15) is 13.6 Å². The van der Waals surface area contributed by atoms with Crippen LogP contribution in [-0.4, -0.2) is 35.6 Å². The summed E-state index contributed by atoms with van der Waals surface area (Å²) in [5, 5.41) is 6.48. The normalized spacial score (nSPS) is 24.8. The van der Waals surface area contributed by atoms with E-state index in [4.69, 9.17) is 16.3 Å². The number of fused-ring (bicyclic) bond motifs is 1. The number of aromatic nitrogens is 2. The molecule has 0 fully saturated rings. The predicted molar refractivity (Wildman–Crippen MR) is 110 cm³/mol. The molecule has 2 aromatic heterocycles. The summed E-state index contributed by atoms with van der Waals surface area (Å²) in [4.78, 5) is 20.7. The van der Waals surface area contributed by atoms with Gasteiger partial charge < -0.3 is 15.4 Å². The van der Waals surface area contributed by atoms with Gasteiger partial charge in [-0.3, -0.25) is 4.79 Å². The van der Waals surface area contributed by atoms with Gasteiger partial charge in [0.05, 0.1) is 35.7 Å². The van der Waals surface area contributed by atoms with E-state index in [2.05, 4.69) is 20.6 Å². The number of nitrogens with zero attached hydrogens (tertiary/aromatic N) is 2. The van der Waals surface area contributed by atoms with Crippen molar-refractivity contribution in [1.82, 2.24) is 9.97 Å². The summed E-state index contributed by atoms with van der Waals surface area (Å²) in [7, 11) is 1.32. The lowest BCUT2D eigenvalue weighted by atomic mass is 9.81. The maximum absolute atomic E-state index is 14.7. The Morgan fingerprint density at radius 2 is 2.13 bits per heavy atom. The van der Waals surface area contributed by atoms with Crippen LogP contribution in [-0.2, 0) is 9.53 Å². The summed E-state index contributed by atoms with van der Waals surface area (Å²) in [5.41, 5.74) is 0.779. The van der Waals surface area contributed by atoms with Gasteiger partial charge in [-0.05, 0) is 18.4 Å². The fraction of sp³-hybridized carbons (Fsp3) is 0.381. The molecule has 0 radical (unpaired) electrons. The standard InChI is InChI=1S/C21H21ClF2N4O2/c1-10-4-3-5-16(17(10)21(29)30-2)27-20-15(24)7-14(23)18(28-20)13-9-26-19-12(13)6-11(22)8-25-19/h3,5-8,10,13,16-17H,4,9H2,1-2H3,(H,25,26)(H,27,28)/t10?,13?,16-,17-/m0/s1. The van der Waals surface area contributed by atoms with Crippen LogP contribution in [0.5, 0.6) is 0 Å². The minimum Gasteiger partial charge on any atom is -0.469 e. The highest BCUT2D eigenvalue weighted by molar-refractivity contribution is 6.30. The second-order valence-electron chi connectivity index (χ2n) is 7.57. The van der Waals surface area contributed by atoms with Gasteiger partial charge >= 0.3 is 5.97 Å². The number of pyridine rings is 2. The molecule has 3 heterocycles. The number of nitrogens with one attached hydrogen (secondary N) is 2. The van der Waals surface area contributed by atoms with Crippen LogP contribution in [0.15, 0.2) is 30.5 Å². The fourth-order valence-corrected chi connectivity index (χ4v) is 4.28. The van der Waals surface area contributed by atoms with Gasteiger partial charge in [0.1, 0.15) is 11.6 Å². The number of rotatable bonds is 4. The van der Waals surface area contributed by atoms with Crippen molar-refractivity contribution in [1.29, 1.82) is 0 Å². The molecular weight excluding hydrogens is 414 g/mol. The maximum atomic E-state index is 14.7. The molecule has 4 atom stereocenters. The summed E-state index contributed by atoms with van der Waals surface area (Å²) in [6.07, 6.45) is 5.93. The lowest BCUT2D eigenvalue weighted by Crippen LogP contribution is -2.40. The first-order chi connectivity index (χ1) is 14.4. The predicted octanol–water partition coefficient (Wildman–Crippen LogP) is 4.13. The number of carbonyl (C=O) groups is 1. The van der Waals surface area contributed by atoms with Crippen LogP contribution in [0.3, 0.4) is 0 Å². The number of methoxy groups -OCH3 is 1. The third-order valence-electron chi connectivity index (χ3n) is 5.65. The zero-order chi connectivity index (χ0) is 21.4. The van der Waals surface area contributed by atoms with Gasteiger partial charge in [-0.25, -0.2) is 18.7 Å². The van der Waals surface area contributed by atoms with Crippen molar-refractivity contribution in [3.8, 4) is 0 Å². The van der Waals surface area contributed by atoms with Gasteiger partial charge in [-0.1, -0.05) is 30.7 Å². The van der Waals surface area contributed by atoms with Crippen LogP contribution >= 0.6 is 11.6 Å². The third-order valence-corrected chi connectivity index (χ3v) is 5.85. The van der Waals surface area contributed by atoms with Crippen molar-refractivity contribution in [3.63, 3.8) is 0 Å². The molecule has 0 bridgehead atoms. The fourth-order valence-electron chi connectivity index (χ4n) is 4.12. The Hall–Kier alpha value is -2.74. The van der Waals surface area contributed by atoms with Gasteiger partial charge in [0, 0.05) is 24.4 Å². The molecule has 0 spiro atoms. The molecule has 2 aromatic rings. The van der Waals surface area contributed by atoms with Crippen LogP contribution in [0.25, 0.3) is 0 Å². The Morgan fingerprint density at radius 1 is 1.33 bits per heavy atom. The largest absolute Gasteiger partial charge is 0.469 e. The van der Waals surface area contributed by atoms with E-state index in [1.807, 2.05) is 13.0 Å². The summed E-state index contributed by atoms with van der Waals surface area (Å²) < 4.78 is 34.2. The smallest absolute Gasteiger partial charge is 0.311 e. The van der Waals surface area contributed by atoms with Crippen molar-refractivity contribution in [3.05, 3.63) is 58.4 Å². The molecule has 0 amide bonds. The van der Waals surface area contributed by atoms with Crippen molar-refractivity contribution >= 4 is 29.2 Å². The first-order valence-electron chi connectivity index (χ1n) is 9.65. The number of allylic oxidation sites excluding steroid dienone is 1. The van der Waals surface area contributed by atoms with E-state index in [0.29, 0.717) is 29.4 Å². The highest BCUT2D eigenvalue weighted by Gasteiger charge is 2.36. The van der Waals surface area contributed by atoms with Gasteiger partial charge in [0.15, 0.2) is 11.6 Å². The molecule has 0 aromatic carbocycles. The van der Waals surface area contributed by atoms with E-state index in [-0.39, 0.29) is 23.4 Å². The van der Waals surface area contributed by atoms with Crippen molar-refractivity contribution < 1.29 is 18.3 Å². The molecule has 30 heavy (non-hydrogen) atoms. The van der Waals surface area contributed by atoms with E-state index in [0.717, 1.165) is 6.07 Å². The first kappa shape index (κ1) is 20.5. The summed E-state index contributed by atoms with van der Waals surface area (Å²) in [5.74, 6) is -2.47. The van der Waals surface area contributed by atoms with E-state index >= 15 is 0 Å². The van der Waals surface area contributed by atoms with Crippen molar-refractivity contribution in [2.75, 3.05) is 24.3 Å². The Bertz CT molecular complexity index is 1020. The second kappa shape index (κ2) is 8.18. The minimum atomic E-state index is -0.832. The van der Waals surface area contributed by atoms with Crippen LogP contribution in [0, 0.1) is 23.5 Å². The second-order valence-corrected chi connectivity index (χ2v) is 8.01. The summed E-state index contributed by atoms with van der Waals surface area (Å²) in [6.45, 7) is 2.29. The van der Waals surface area contributed by atoms with E-state index in [1.165, 1.54) is 13.3 Å². The Morgan fingerprint density at radius 3 is 2.90 bits per heavy atom. The number of hydrogen-bond acceptors (Lipinski definition) is 6. The van der Waals surface area contributed by atoms with Crippen LogP contribution in [0.4, 0.5) is 20.4 Å². The molecule has 2 N–H and O–H groups in total. The summed E-state index contributed by atoms with van der Waals surface area (Å²) in [6, 6.07) is 1.99. The molecule has 4 rings (SSSR count). The molecule has 158 valence electrons. The van der Waals surface area contributed by atoms with E-state index < -0.39 is 29.5 Å². The Balaban J connectivity index is 1.68. The van der Waals surface area contributed by atoms with Gasteiger partial charge in [0.25, 0.3) is 0 Å². The topological polar surface area (TPSA) is 76.1 Å². The zero-order valence-electron chi connectivity index (χ0n) is 16.5. The van der Waals surface area contributed by atoms with Crippen molar-refractivity contribution in [2.45, 2.75) is 25.3 Å². The highest BCUT2D eigenvalue weighted by atomic mass is 35.5. The monoisotopic (exact) mass is 434 g/mol. The zero-order valence-corrected chi connectivity index (χ0v) is 17.2. The minimum absolute atomic E-state index is 0.00190. The molecule has 0 saturated heterocycles. The van der Waals surface area contributed by atoms with Crippen LogP contribution < -0.4 is 10.6 Å². The first-order valence-corrected chi connectivity index (χ1v) is 10.0. The SMILES string of the molecule is COC(=O)[C@H]1C(C)CC=C[C@@H]1Nc1nc(C2CNc3ncc(Cl)cc32)c(F)cc1F. The number of ether oxygens (including phenoxy) is 1. The summed E-state index contributed by atoms with van der Waals surface area (Å²) >= 11 is 6.05. The van der Waals surface area contributed by atoms with E-state index in [1.54, 1.807) is 12.1 Å². The molecule has 2 unspecified atom stereocenters. The highest BCUT2D eigenvalue weighted by Crippen LogP contribution is 2.37. The average Bonchev–Trinajstić information content (AvgIpc) is 3.12. The van der Waals surface area contributed by atoms with Crippen LogP contribution in [0.1, 0.15) is 30.5 Å². The maximum Gasteiger partial charge on any atom is 0.311 e. The third kappa shape index (κ3) is 3.71. The molecule has 1 aliphatic heterocycles. The molecular formula is C21H21ClF2N4O2. The molecule has 0 saturated carbocycles. The number of anilines is 2. The van der Waals surface area contributed by atoms with Gasteiger partial charge in [-0.15, -0.1) is 0 Å². The molecule has 6 nitrogen and oxygen atoms in total. The molecule has 1 aliphatic carbocycles. The quantitative estimate of drug-likeness (QED) is 0.556. The molecule has 2 aliphatic rings. The Labute approximate surface area is 177 Å². The number of esters is 1.